The molecule has 1 aliphatic heterocycles. The summed E-state index contributed by atoms with van der Waals surface area (Å²) in [6.45, 7) is -0.584. The maximum Gasteiger partial charge on any atom is 0.326 e. The van der Waals surface area contributed by atoms with Crippen molar-refractivity contribution in [2.24, 2.45) is 44.4 Å². The monoisotopic (exact) mass is 816 g/mol. The first kappa shape index (κ1) is 49.2. The lowest BCUT2D eigenvalue weighted by molar-refractivity contribution is -0.144. The Labute approximate surface area is 326 Å². The molecule has 0 bridgehead atoms. The van der Waals surface area contributed by atoms with E-state index >= 15 is 0 Å². The summed E-state index contributed by atoms with van der Waals surface area (Å²) in [5.74, 6) is -8.98. The van der Waals surface area contributed by atoms with Gasteiger partial charge in [0.25, 0.3) is 0 Å². The number of hydrogen-bond acceptors (Lipinski definition) is 14. The average molecular weight is 817 g/mol. The van der Waals surface area contributed by atoms with Crippen molar-refractivity contribution in [2.75, 3.05) is 32.8 Å². The van der Waals surface area contributed by atoms with E-state index in [2.05, 4.69) is 25.9 Å². The van der Waals surface area contributed by atoms with Gasteiger partial charge in [-0.05, 0) is 45.4 Å². The van der Waals surface area contributed by atoms with Crippen molar-refractivity contribution >= 4 is 59.2 Å². The van der Waals surface area contributed by atoms with E-state index in [4.69, 9.17) is 34.4 Å². The fraction of sp³-hybridized carbons (Fsp3) is 0.677. The predicted octanol–water partition coefficient (Wildman–Crippen LogP) is -8.84. The fourth-order valence-corrected chi connectivity index (χ4v) is 5.45. The van der Waals surface area contributed by atoms with Crippen LogP contribution >= 0.6 is 0 Å². The van der Waals surface area contributed by atoms with Gasteiger partial charge >= 0.3 is 5.97 Å². The van der Waals surface area contributed by atoms with E-state index in [1.54, 1.807) is 0 Å². The largest absolute Gasteiger partial charge is 0.480 e. The summed E-state index contributed by atoms with van der Waals surface area (Å²) >= 11 is 0. The molecule has 21 N–H and O–H groups in total. The number of carboxylic acids is 1. The lowest BCUT2D eigenvalue weighted by atomic mass is 10.1. The molecular formula is C31H56N14O12. The lowest BCUT2D eigenvalue weighted by Crippen LogP contribution is -2.62. The van der Waals surface area contributed by atoms with Crippen LogP contribution < -0.4 is 61.0 Å². The maximum absolute atomic E-state index is 13.6. The number of aliphatic carboxylic acids is 1. The van der Waals surface area contributed by atoms with E-state index in [9.17, 15) is 58.8 Å². The van der Waals surface area contributed by atoms with Crippen molar-refractivity contribution in [2.45, 2.75) is 100 Å². The number of guanidine groups is 2. The van der Waals surface area contributed by atoms with Crippen molar-refractivity contribution in [1.82, 2.24) is 31.5 Å². The van der Waals surface area contributed by atoms with Gasteiger partial charge in [0.15, 0.2) is 11.9 Å². The number of hydrogen-bond donors (Lipinski definition) is 15. The maximum atomic E-state index is 13.6. The first-order chi connectivity index (χ1) is 26.7. The molecule has 322 valence electrons. The van der Waals surface area contributed by atoms with Crippen LogP contribution in [0, 0.1) is 0 Å². The minimum Gasteiger partial charge on any atom is -0.480 e. The number of aliphatic imine (C=N–C) groups is 2. The number of aliphatic hydroxyl groups excluding tert-OH is 3. The zero-order valence-corrected chi connectivity index (χ0v) is 31.5. The predicted molar refractivity (Wildman–Crippen MR) is 199 cm³/mol. The van der Waals surface area contributed by atoms with E-state index in [0.29, 0.717) is 12.8 Å². The number of nitrogens with zero attached hydrogens (tertiary/aromatic N) is 3. The van der Waals surface area contributed by atoms with Crippen LogP contribution in [-0.4, -0.2) is 166 Å². The van der Waals surface area contributed by atoms with Gasteiger partial charge in [-0.2, -0.15) is 0 Å². The van der Waals surface area contributed by atoms with E-state index in [0.717, 1.165) is 6.92 Å². The Hall–Kier alpha value is -5.86. The standard InChI is InChI=1S/C31H56N14O12/c1-14(48)22(27(54)43-19(13-47)25(52)42-18(12-46)24(51)41-17(29(56)57)11-21(33)49)44-23(50)16(6-3-9-39-31(36)37)40-26(53)20-7-4-10-45(20)28(55)15(32)5-2-8-38-30(34)35/h14-20,22,46-48H,2-13,32H2,1H3,(H2,33,49)(H,40,53)(H,41,51)(H,42,52)(H,43,54)(H,44,50)(H,56,57)(H4,34,35,38)(H4,36,37,39)/t14-,15+,16+,17+,18+,19+,20+,22+/m1/s1. The van der Waals surface area contributed by atoms with Crippen LogP contribution in [0.2, 0.25) is 0 Å². The number of rotatable bonds is 25. The summed E-state index contributed by atoms with van der Waals surface area (Å²) in [6, 6.07) is -10.6. The van der Waals surface area contributed by atoms with Crippen molar-refractivity contribution in [3.05, 3.63) is 0 Å². The molecule has 1 fully saturated rings. The van der Waals surface area contributed by atoms with Gasteiger partial charge in [-0.15, -0.1) is 0 Å². The van der Waals surface area contributed by atoms with E-state index in [1.807, 2.05) is 10.6 Å². The quantitative estimate of drug-likeness (QED) is 0.0231. The third kappa shape index (κ3) is 17.2. The van der Waals surface area contributed by atoms with Crippen molar-refractivity contribution in [1.29, 1.82) is 0 Å². The molecule has 1 aliphatic rings. The molecule has 0 radical (unpaired) electrons. The molecule has 26 heteroatoms. The Bertz CT molecular complexity index is 1490. The van der Waals surface area contributed by atoms with Gasteiger partial charge in [0.05, 0.1) is 31.8 Å². The SMILES string of the molecule is C[C@@H](O)[C@H](NC(=O)[C@H](CCCN=C(N)N)NC(=O)[C@@H]1CCCN1C(=O)[C@@H](N)CCCN=C(N)N)C(=O)N[C@@H](CO)C(=O)N[C@@H](CO)C(=O)N[C@@H](CC(N)=O)C(=O)O. The first-order valence-electron chi connectivity index (χ1n) is 17.8. The van der Waals surface area contributed by atoms with Crippen LogP contribution in [0.1, 0.15) is 51.9 Å². The molecule has 8 atom stereocenters. The van der Waals surface area contributed by atoms with Gasteiger partial charge in [0.1, 0.15) is 36.3 Å². The first-order valence-corrected chi connectivity index (χ1v) is 17.8. The van der Waals surface area contributed by atoms with E-state index in [-0.39, 0.29) is 57.2 Å². The molecule has 0 aliphatic carbocycles. The second-order valence-electron chi connectivity index (χ2n) is 13.0. The number of carboxylic acid groups (broad SMARTS) is 1. The van der Waals surface area contributed by atoms with Gasteiger partial charge in [-0.1, -0.05) is 0 Å². The van der Waals surface area contributed by atoms with Crippen molar-refractivity contribution in [3.8, 4) is 0 Å². The Morgan fingerprint density at radius 3 is 1.68 bits per heavy atom. The number of nitrogens with one attached hydrogen (secondary N) is 5. The number of primary amides is 1. The smallest absolute Gasteiger partial charge is 0.326 e. The highest BCUT2D eigenvalue weighted by atomic mass is 16.4. The van der Waals surface area contributed by atoms with Crippen LogP contribution in [0.3, 0.4) is 0 Å². The molecule has 0 spiro atoms. The Balaban J connectivity index is 3.12. The minimum absolute atomic E-state index is 0.0350. The molecule has 1 saturated heterocycles. The molecular weight excluding hydrogens is 760 g/mol. The number of aliphatic hydroxyl groups is 3. The summed E-state index contributed by atoms with van der Waals surface area (Å²) in [5.41, 5.74) is 32.5. The Kier molecular flexibility index (Phi) is 21.2. The second-order valence-corrected chi connectivity index (χ2v) is 13.0. The molecule has 0 aromatic carbocycles. The zero-order chi connectivity index (χ0) is 43.4. The zero-order valence-electron chi connectivity index (χ0n) is 31.5. The highest BCUT2D eigenvalue weighted by Gasteiger charge is 2.39. The number of carbonyl (C=O) groups excluding carboxylic acids is 7. The minimum atomic E-state index is -1.85. The molecule has 0 saturated carbocycles. The van der Waals surface area contributed by atoms with Gasteiger partial charge in [-0.25, -0.2) is 4.79 Å². The summed E-state index contributed by atoms with van der Waals surface area (Å²) in [5, 5.41) is 50.1. The normalized spacial score (nSPS) is 17.2. The third-order valence-corrected chi connectivity index (χ3v) is 8.42. The summed E-state index contributed by atoms with van der Waals surface area (Å²) in [4.78, 5) is 111. The molecule has 7 amide bonds. The van der Waals surface area contributed by atoms with Crippen LogP contribution in [0.5, 0.6) is 0 Å². The Morgan fingerprint density at radius 2 is 1.21 bits per heavy atom. The second kappa shape index (κ2) is 24.6. The van der Waals surface area contributed by atoms with Crippen LogP contribution in [-0.2, 0) is 38.4 Å². The number of amides is 7. The summed E-state index contributed by atoms with van der Waals surface area (Å²) in [6.07, 6.45) is -1.09. The van der Waals surface area contributed by atoms with Gasteiger partial charge < -0.3 is 86.3 Å². The van der Waals surface area contributed by atoms with Crippen LogP contribution in [0.4, 0.5) is 0 Å². The highest BCUT2D eigenvalue weighted by Crippen LogP contribution is 2.20. The van der Waals surface area contributed by atoms with Gasteiger partial charge in [0.2, 0.25) is 41.4 Å². The molecule has 1 rings (SSSR count). The molecule has 0 aromatic heterocycles. The molecule has 0 aromatic rings. The van der Waals surface area contributed by atoms with Crippen LogP contribution in [0.15, 0.2) is 9.98 Å². The van der Waals surface area contributed by atoms with Crippen molar-refractivity contribution < 1.29 is 58.8 Å². The Morgan fingerprint density at radius 1 is 0.719 bits per heavy atom. The van der Waals surface area contributed by atoms with Gasteiger partial charge in [0, 0.05) is 19.6 Å². The average Bonchev–Trinajstić information content (AvgIpc) is 3.63. The number of carbonyl (C=O) groups is 8. The summed E-state index contributed by atoms with van der Waals surface area (Å²) in [7, 11) is 0. The van der Waals surface area contributed by atoms with Crippen molar-refractivity contribution in [3.63, 3.8) is 0 Å². The number of likely N-dealkylation sites (tertiary alicyclic amines) is 1. The summed E-state index contributed by atoms with van der Waals surface area (Å²) < 4.78 is 0. The number of nitrogens with two attached hydrogens (primary N) is 6. The van der Waals surface area contributed by atoms with E-state index in [1.165, 1.54) is 4.90 Å². The van der Waals surface area contributed by atoms with Gasteiger partial charge in [-0.3, -0.25) is 43.5 Å². The molecule has 1 heterocycles. The fourth-order valence-electron chi connectivity index (χ4n) is 5.45. The topological polar surface area (TPSA) is 462 Å². The van der Waals surface area contributed by atoms with Crippen LogP contribution in [0.25, 0.3) is 0 Å². The third-order valence-electron chi connectivity index (χ3n) is 8.42. The molecule has 57 heavy (non-hydrogen) atoms. The molecule has 26 nitrogen and oxygen atoms in total. The molecule has 0 unspecified atom stereocenters. The lowest BCUT2D eigenvalue weighted by Gasteiger charge is -2.29. The highest BCUT2D eigenvalue weighted by molar-refractivity contribution is 5.97. The van der Waals surface area contributed by atoms with E-state index < -0.39 is 115 Å².